The smallest absolute Gasteiger partial charge is 0.356 e. The molecule has 0 radical (unpaired) electrons. The molecular formula is C10H11ClN2O2. The van der Waals surface area contributed by atoms with Gasteiger partial charge in [-0.1, -0.05) is 24.3 Å². The zero-order chi connectivity index (χ0) is 10.1. The molecule has 0 atom stereocenters. The van der Waals surface area contributed by atoms with Gasteiger partial charge in [-0.25, -0.2) is 4.79 Å². The molecule has 0 amide bonds. The van der Waals surface area contributed by atoms with Gasteiger partial charge in [0.15, 0.2) is 5.71 Å². The molecule has 0 aromatic heterocycles. The number of aliphatic carboxylic acids is 1. The lowest BCUT2D eigenvalue weighted by Gasteiger charge is -2.22. The summed E-state index contributed by atoms with van der Waals surface area (Å²) in [6.07, 6.45) is 0. The van der Waals surface area contributed by atoms with Crippen LogP contribution in [0, 0.1) is 0 Å². The highest BCUT2D eigenvalue weighted by Crippen LogP contribution is 2.17. The number of hydrogen-bond donors (Lipinski definition) is 1. The largest absolute Gasteiger partial charge is 0.476 e. The third kappa shape index (κ3) is 2.10. The van der Waals surface area contributed by atoms with Gasteiger partial charge in [-0.2, -0.15) is 5.10 Å². The normalized spacial score (nSPS) is 13.7. The Morgan fingerprint density at radius 1 is 1.47 bits per heavy atom. The van der Waals surface area contributed by atoms with Crippen LogP contribution in [0.1, 0.15) is 11.1 Å². The molecular weight excluding hydrogens is 216 g/mol. The molecule has 0 bridgehead atoms. The maximum Gasteiger partial charge on any atom is 0.356 e. The third-order valence-corrected chi connectivity index (χ3v) is 2.14. The topological polar surface area (TPSA) is 52.9 Å². The molecule has 15 heavy (non-hydrogen) atoms. The minimum Gasteiger partial charge on any atom is -0.476 e. The minimum absolute atomic E-state index is 0. The van der Waals surface area contributed by atoms with Gasteiger partial charge in [0.05, 0.1) is 6.54 Å². The van der Waals surface area contributed by atoms with Crippen LogP contribution < -0.4 is 0 Å². The van der Waals surface area contributed by atoms with Gasteiger partial charge in [-0.15, -0.1) is 12.4 Å². The number of benzene rings is 1. The molecule has 1 aromatic carbocycles. The highest BCUT2D eigenvalue weighted by atomic mass is 35.5. The molecule has 0 saturated carbocycles. The molecule has 0 fully saturated rings. The van der Waals surface area contributed by atoms with Crippen molar-refractivity contribution in [2.24, 2.45) is 5.10 Å². The summed E-state index contributed by atoms with van der Waals surface area (Å²) in [6.45, 7) is 0.660. The van der Waals surface area contributed by atoms with E-state index in [0.29, 0.717) is 6.54 Å². The molecule has 0 aliphatic carbocycles. The van der Waals surface area contributed by atoms with E-state index in [0.717, 1.165) is 11.1 Å². The Hall–Kier alpha value is -1.55. The zero-order valence-corrected chi connectivity index (χ0v) is 8.99. The number of carboxylic acids is 1. The maximum absolute atomic E-state index is 10.9. The van der Waals surface area contributed by atoms with Gasteiger partial charge in [0.2, 0.25) is 0 Å². The van der Waals surface area contributed by atoms with Crippen molar-refractivity contribution >= 4 is 24.1 Å². The molecule has 5 heteroatoms. The summed E-state index contributed by atoms with van der Waals surface area (Å²) < 4.78 is 0. The predicted octanol–water partition coefficient (Wildman–Crippen LogP) is 1.34. The van der Waals surface area contributed by atoms with Crippen LogP contribution in [-0.2, 0) is 11.3 Å². The number of fused-ring (bicyclic) bond motifs is 1. The summed E-state index contributed by atoms with van der Waals surface area (Å²) in [4.78, 5) is 10.9. The van der Waals surface area contributed by atoms with Crippen LogP contribution in [0.3, 0.4) is 0 Å². The molecule has 2 rings (SSSR count). The van der Waals surface area contributed by atoms with E-state index < -0.39 is 5.97 Å². The van der Waals surface area contributed by atoms with E-state index in [9.17, 15) is 4.79 Å². The quantitative estimate of drug-likeness (QED) is 0.786. The van der Waals surface area contributed by atoms with E-state index in [1.807, 2.05) is 18.2 Å². The van der Waals surface area contributed by atoms with Crippen molar-refractivity contribution in [3.63, 3.8) is 0 Å². The number of hydrogen-bond acceptors (Lipinski definition) is 3. The van der Waals surface area contributed by atoms with Crippen molar-refractivity contribution in [3.8, 4) is 0 Å². The lowest BCUT2D eigenvalue weighted by atomic mass is 10.0. The molecule has 80 valence electrons. The van der Waals surface area contributed by atoms with Crippen molar-refractivity contribution in [3.05, 3.63) is 35.4 Å². The van der Waals surface area contributed by atoms with E-state index in [1.165, 1.54) is 0 Å². The van der Waals surface area contributed by atoms with Gasteiger partial charge in [-0.05, 0) is 5.56 Å². The number of rotatable bonds is 1. The standard InChI is InChI=1S/C10H10N2O2.ClH/c1-12-6-7-4-2-3-5-8(7)9(11-12)10(13)14;/h2-5H,6H2,1H3,(H,13,14);1H. The highest BCUT2D eigenvalue weighted by Gasteiger charge is 2.21. The molecule has 1 heterocycles. The van der Waals surface area contributed by atoms with E-state index >= 15 is 0 Å². The second kappa shape index (κ2) is 4.31. The predicted molar refractivity (Wildman–Crippen MR) is 59.3 cm³/mol. The Morgan fingerprint density at radius 3 is 2.80 bits per heavy atom. The van der Waals surface area contributed by atoms with E-state index in [-0.39, 0.29) is 18.1 Å². The lowest BCUT2D eigenvalue weighted by molar-refractivity contribution is -0.129. The number of nitrogens with zero attached hydrogens (tertiary/aromatic N) is 2. The summed E-state index contributed by atoms with van der Waals surface area (Å²) >= 11 is 0. The summed E-state index contributed by atoms with van der Waals surface area (Å²) in [6, 6.07) is 7.43. The number of carbonyl (C=O) groups is 1. The van der Waals surface area contributed by atoms with Crippen molar-refractivity contribution in [2.45, 2.75) is 6.54 Å². The van der Waals surface area contributed by atoms with Gasteiger partial charge in [0, 0.05) is 12.6 Å². The SMILES string of the molecule is CN1Cc2ccccc2C(C(=O)O)=N1.Cl. The van der Waals surface area contributed by atoms with Crippen molar-refractivity contribution < 1.29 is 9.90 Å². The van der Waals surface area contributed by atoms with Gasteiger partial charge in [0.1, 0.15) is 0 Å². The summed E-state index contributed by atoms with van der Waals surface area (Å²) in [5.41, 5.74) is 1.84. The summed E-state index contributed by atoms with van der Waals surface area (Å²) in [7, 11) is 1.76. The van der Waals surface area contributed by atoms with Crippen LogP contribution in [0.25, 0.3) is 0 Å². The fourth-order valence-corrected chi connectivity index (χ4v) is 1.55. The maximum atomic E-state index is 10.9. The Labute approximate surface area is 93.6 Å². The molecule has 1 N–H and O–H groups in total. The molecule has 0 saturated heterocycles. The fourth-order valence-electron chi connectivity index (χ4n) is 1.55. The first-order chi connectivity index (χ1) is 6.68. The molecule has 1 aromatic rings. The first-order valence-electron chi connectivity index (χ1n) is 4.30. The van der Waals surface area contributed by atoms with E-state index in [1.54, 1.807) is 18.1 Å². The van der Waals surface area contributed by atoms with E-state index in [2.05, 4.69) is 5.10 Å². The molecule has 0 unspecified atom stereocenters. The summed E-state index contributed by atoms with van der Waals surface area (Å²) in [5, 5.41) is 14.5. The molecule has 1 aliphatic rings. The molecule has 0 spiro atoms. The van der Waals surface area contributed by atoms with Crippen LogP contribution in [0.2, 0.25) is 0 Å². The van der Waals surface area contributed by atoms with Gasteiger partial charge < -0.3 is 5.11 Å². The highest BCUT2D eigenvalue weighted by molar-refractivity contribution is 6.43. The second-order valence-corrected chi connectivity index (χ2v) is 3.23. The number of carboxylic acid groups (broad SMARTS) is 1. The minimum atomic E-state index is -0.982. The number of halogens is 1. The Morgan fingerprint density at radius 2 is 2.13 bits per heavy atom. The Bertz CT molecular complexity index is 418. The first kappa shape index (κ1) is 11.5. The Kier molecular flexibility index (Phi) is 3.31. The fraction of sp³-hybridized carbons (Fsp3) is 0.200. The zero-order valence-electron chi connectivity index (χ0n) is 8.17. The van der Waals surface area contributed by atoms with Crippen molar-refractivity contribution in [1.82, 2.24) is 5.01 Å². The van der Waals surface area contributed by atoms with Crippen LogP contribution in [0.15, 0.2) is 29.4 Å². The average molecular weight is 227 g/mol. The van der Waals surface area contributed by atoms with Crippen LogP contribution in [0.4, 0.5) is 0 Å². The molecule has 4 nitrogen and oxygen atoms in total. The number of hydrazone groups is 1. The average Bonchev–Trinajstić information content (AvgIpc) is 2.16. The van der Waals surface area contributed by atoms with Gasteiger partial charge in [0.25, 0.3) is 0 Å². The van der Waals surface area contributed by atoms with Gasteiger partial charge >= 0.3 is 5.97 Å². The van der Waals surface area contributed by atoms with E-state index in [4.69, 9.17) is 5.11 Å². The van der Waals surface area contributed by atoms with Crippen LogP contribution >= 0.6 is 12.4 Å². The van der Waals surface area contributed by atoms with Crippen molar-refractivity contribution in [2.75, 3.05) is 7.05 Å². The third-order valence-electron chi connectivity index (χ3n) is 2.14. The van der Waals surface area contributed by atoms with Gasteiger partial charge in [-0.3, -0.25) is 5.01 Å². The summed E-state index contributed by atoms with van der Waals surface area (Å²) in [5.74, 6) is -0.982. The monoisotopic (exact) mass is 226 g/mol. The Balaban J connectivity index is 0.00000112. The second-order valence-electron chi connectivity index (χ2n) is 3.23. The van der Waals surface area contributed by atoms with Crippen LogP contribution in [0.5, 0.6) is 0 Å². The lowest BCUT2D eigenvalue weighted by Crippen LogP contribution is -2.27. The first-order valence-corrected chi connectivity index (χ1v) is 4.30. The van der Waals surface area contributed by atoms with Crippen molar-refractivity contribution in [1.29, 1.82) is 0 Å². The molecule has 1 aliphatic heterocycles. The van der Waals surface area contributed by atoms with Crippen LogP contribution in [-0.4, -0.2) is 28.8 Å².